The van der Waals surface area contributed by atoms with Gasteiger partial charge in [0, 0.05) is 17.7 Å². The zero-order valence-electron chi connectivity index (χ0n) is 10.7. The molecular formula is C15H19NO. The normalized spacial score (nSPS) is 12.0. The molecule has 0 aliphatic rings. The third kappa shape index (κ3) is 2.83. The van der Waals surface area contributed by atoms with Crippen molar-refractivity contribution >= 4 is 10.9 Å². The van der Waals surface area contributed by atoms with Gasteiger partial charge in [-0.05, 0) is 42.5 Å². The molecule has 90 valence electrons. The maximum atomic E-state index is 9.29. The molecule has 0 fully saturated rings. The molecule has 0 spiro atoms. The minimum absolute atomic E-state index is 0.0637. The topological polar surface area (TPSA) is 33.1 Å². The Morgan fingerprint density at radius 1 is 1.18 bits per heavy atom. The van der Waals surface area contributed by atoms with E-state index in [1.54, 1.807) is 0 Å². The van der Waals surface area contributed by atoms with Crippen LogP contribution in [0.3, 0.4) is 0 Å². The van der Waals surface area contributed by atoms with Crippen molar-refractivity contribution in [1.82, 2.24) is 4.98 Å². The molecule has 0 radical (unpaired) electrons. The molecule has 0 bridgehead atoms. The molecule has 2 nitrogen and oxygen atoms in total. The molecule has 0 atom stereocenters. The van der Waals surface area contributed by atoms with Crippen LogP contribution in [-0.4, -0.2) is 16.7 Å². The van der Waals surface area contributed by atoms with Crippen LogP contribution in [0.15, 0.2) is 30.3 Å². The molecule has 0 aliphatic carbocycles. The van der Waals surface area contributed by atoms with E-state index < -0.39 is 0 Å². The van der Waals surface area contributed by atoms with E-state index in [0.29, 0.717) is 0 Å². The van der Waals surface area contributed by atoms with Gasteiger partial charge in [0.1, 0.15) is 0 Å². The summed E-state index contributed by atoms with van der Waals surface area (Å²) in [5.41, 5.74) is 3.27. The fraction of sp³-hybridized carbons (Fsp3) is 0.400. The first-order chi connectivity index (χ1) is 8.00. The number of hydrogen-bond acceptors (Lipinski definition) is 2. The van der Waals surface area contributed by atoms with Gasteiger partial charge in [-0.25, -0.2) is 0 Å². The molecule has 0 saturated heterocycles. The van der Waals surface area contributed by atoms with E-state index in [-0.39, 0.29) is 12.0 Å². The number of rotatable bonds is 3. The smallest absolute Gasteiger partial charge is 0.0705 e. The second-order valence-corrected chi connectivity index (χ2v) is 5.48. The Bertz CT molecular complexity index is 531. The summed E-state index contributed by atoms with van der Waals surface area (Å²) in [5.74, 6) is 0. The number of nitrogens with zero attached hydrogens (tertiary/aromatic N) is 1. The van der Waals surface area contributed by atoms with Crippen molar-refractivity contribution in [3.8, 4) is 0 Å². The number of aliphatic hydroxyl groups excluding tert-OH is 1. The minimum atomic E-state index is -0.0637. The lowest BCUT2D eigenvalue weighted by Gasteiger charge is -2.21. The summed E-state index contributed by atoms with van der Waals surface area (Å²) in [5, 5.41) is 10.5. The van der Waals surface area contributed by atoms with Crippen molar-refractivity contribution in [1.29, 1.82) is 0 Å². The maximum absolute atomic E-state index is 9.29. The van der Waals surface area contributed by atoms with Crippen molar-refractivity contribution in [2.45, 2.75) is 27.2 Å². The molecule has 1 N–H and O–H groups in total. The van der Waals surface area contributed by atoms with Gasteiger partial charge in [-0.1, -0.05) is 26.0 Å². The predicted octanol–water partition coefficient (Wildman–Crippen LogP) is 3.10. The summed E-state index contributed by atoms with van der Waals surface area (Å²) < 4.78 is 0. The van der Waals surface area contributed by atoms with Crippen LogP contribution in [0.2, 0.25) is 0 Å². The van der Waals surface area contributed by atoms with E-state index in [1.807, 2.05) is 13.0 Å². The zero-order chi connectivity index (χ0) is 12.5. The van der Waals surface area contributed by atoms with Crippen LogP contribution in [0, 0.1) is 12.3 Å². The number of hydrogen-bond donors (Lipinski definition) is 1. The standard InChI is InChI=1S/C15H19NO/c1-11-4-6-13-8-12(5-7-14(13)16-11)9-15(2,3)10-17/h4-8,17H,9-10H2,1-3H3. The Morgan fingerprint density at radius 3 is 2.65 bits per heavy atom. The van der Waals surface area contributed by atoms with Gasteiger partial charge in [0.2, 0.25) is 0 Å². The molecule has 0 saturated carbocycles. The van der Waals surface area contributed by atoms with Gasteiger partial charge in [0.05, 0.1) is 5.52 Å². The van der Waals surface area contributed by atoms with Crippen LogP contribution in [-0.2, 0) is 6.42 Å². The second kappa shape index (κ2) is 4.46. The molecule has 2 aromatic rings. The van der Waals surface area contributed by atoms with E-state index >= 15 is 0 Å². The Hall–Kier alpha value is -1.41. The summed E-state index contributed by atoms with van der Waals surface area (Å²) >= 11 is 0. The fourth-order valence-corrected chi connectivity index (χ4v) is 2.00. The van der Waals surface area contributed by atoms with Crippen LogP contribution >= 0.6 is 0 Å². The molecule has 17 heavy (non-hydrogen) atoms. The lowest BCUT2D eigenvalue weighted by Crippen LogP contribution is -2.19. The first kappa shape index (κ1) is 12.1. The molecule has 2 rings (SSSR count). The van der Waals surface area contributed by atoms with Crippen molar-refractivity contribution in [2.75, 3.05) is 6.61 Å². The lowest BCUT2D eigenvalue weighted by atomic mass is 9.86. The molecule has 1 heterocycles. The molecular weight excluding hydrogens is 210 g/mol. The van der Waals surface area contributed by atoms with Gasteiger partial charge in [-0.15, -0.1) is 0 Å². The number of aliphatic hydroxyl groups is 1. The number of aryl methyl sites for hydroxylation is 1. The van der Waals surface area contributed by atoms with Crippen LogP contribution in [0.25, 0.3) is 10.9 Å². The average molecular weight is 229 g/mol. The van der Waals surface area contributed by atoms with Gasteiger partial charge in [-0.3, -0.25) is 4.98 Å². The summed E-state index contributed by atoms with van der Waals surface area (Å²) in [7, 11) is 0. The number of benzene rings is 1. The van der Waals surface area contributed by atoms with Gasteiger partial charge in [0.25, 0.3) is 0 Å². The highest BCUT2D eigenvalue weighted by Crippen LogP contribution is 2.23. The van der Waals surface area contributed by atoms with Gasteiger partial charge < -0.3 is 5.11 Å². The SMILES string of the molecule is Cc1ccc2cc(CC(C)(C)CO)ccc2n1. The van der Waals surface area contributed by atoms with Gasteiger partial charge in [0.15, 0.2) is 0 Å². The monoisotopic (exact) mass is 229 g/mol. The van der Waals surface area contributed by atoms with Crippen molar-refractivity contribution in [3.05, 3.63) is 41.6 Å². The third-order valence-corrected chi connectivity index (χ3v) is 3.00. The predicted molar refractivity (Wildman–Crippen MR) is 71.1 cm³/mol. The van der Waals surface area contributed by atoms with Crippen molar-refractivity contribution < 1.29 is 5.11 Å². The van der Waals surface area contributed by atoms with E-state index in [4.69, 9.17) is 0 Å². The fourth-order valence-electron chi connectivity index (χ4n) is 2.00. The van der Waals surface area contributed by atoms with Crippen LogP contribution in [0.4, 0.5) is 0 Å². The van der Waals surface area contributed by atoms with E-state index in [0.717, 1.165) is 17.6 Å². The molecule has 2 heteroatoms. The van der Waals surface area contributed by atoms with Crippen LogP contribution in [0.5, 0.6) is 0 Å². The van der Waals surface area contributed by atoms with Crippen molar-refractivity contribution in [2.24, 2.45) is 5.41 Å². The lowest BCUT2D eigenvalue weighted by molar-refractivity contribution is 0.159. The second-order valence-electron chi connectivity index (χ2n) is 5.48. The first-order valence-corrected chi connectivity index (χ1v) is 5.97. The first-order valence-electron chi connectivity index (χ1n) is 5.97. The third-order valence-electron chi connectivity index (χ3n) is 3.00. The number of fused-ring (bicyclic) bond motifs is 1. The Balaban J connectivity index is 2.35. The number of pyridine rings is 1. The van der Waals surface area contributed by atoms with Gasteiger partial charge >= 0.3 is 0 Å². The maximum Gasteiger partial charge on any atom is 0.0705 e. The highest BCUT2D eigenvalue weighted by Gasteiger charge is 2.17. The highest BCUT2D eigenvalue weighted by molar-refractivity contribution is 5.79. The van der Waals surface area contributed by atoms with Crippen LogP contribution in [0.1, 0.15) is 25.1 Å². The Labute approximate surface area is 102 Å². The molecule has 0 unspecified atom stereocenters. The Morgan fingerprint density at radius 2 is 1.94 bits per heavy atom. The quantitative estimate of drug-likeness (QED) is 0.877. The summed E-state index contributed by atoms with van der Waals surface area (Å²) in [6.07, 6.45) is 0.882. The van der Waals surface area contributed by atoms with Crippen LogP contribution < -0.4 is 0 Å². The highest BCUT2D eigenvalue weighted by atomic mass is 16.3. The zero-order valence-corrected chi connectivity index (χ0v) is 10.7. The minimum Gasteiger partial charge on any atom is -0.396 e. The Kier molecular flexibility index (Phi) is 3.16. The average Bonchev–Trinajstić information content (AvgIpc) is 2.29. The molecule has 1 aromatic heterocycles. The summed E-state index contributed by atoms with van der Waals surface area (Å²) in [4.78, 5) is 4.48. The van der Waals surface area contributed by atoms with E-state index in [1.165, 1.54) is 10.9 Å². The largest absolute Gasteiger partial charge is 0.396 e. The summed E-state index contributed by atoms with van der Waals surface area (Å²) in [6, 6.07) is 10.5. The molecule has 0 amide bonds. The molecule has 1 aromatic carbocycles. The van der Waals surface area contributed by atoms with E-state index in [9.17, 15) is 5.11 Å². The number of aromatic nitrogens is 1. The summed E-state index contributed by atoms with van der Waals surface area (Å²) in [6.45, 7) is 6.36. The van der Waals surface area contributed by atoms with E-state index in [2.05, 4.69) is 43.1 Å². The van der Waals surface area contributed by atoms with Crippen molar-refractivity contribution in [3.63, 3.8) is 0 Å². The van der Waals surface area contributed by atoms with Gasteiger partial charge in [-0.2, -0.15) is 0 Å². The molecule has 0 aliphatic heterocycles.